The Morgan fingerprint density at radius 2 is 1.81 bits per heavy atom. The summed E-state index contributed by atoms with van der Waals surface area (Å²) >= 11 is 5.95. The molecule has 2 aliphatic rings. The topological polar surface area (TPSA) is 42.0 Å². The highest BCUT2D eigenvalue weighted by Gasteiger charge is 2.51. The third-order valence-corrected chi connectivity index (χ3v) is 8.28. The molecule has 0 radical (unpaired) electrons. The van der Waals surface area contributed by atoms with E-state index in [4.69, 9.17) is 11.6 Å². The van der Waals surface area contributed by atoms with Crippen LogP contribution in [0.3, 0.4) is 0 Å². The van der Waals surface area contributed by atoms with Crippen LogP contribution in [0.25, 0.3) is 10.9 Å². The van der Waals surface area contributed by atoms with E-state index in [0.717, 1.165) is 48.7 Å². The number of nitrogens with zero attached hydrogens (tertiary/aromatic N) is 1. The molecule has 5 rings (SSSR count). The lowest BCUT2D eigenvalue weighted by Gasteiger charge is -2.55. The van der Waals surface area contributed by atoms with Crippen molar-refractivity contribution in [2.75, 3.05) is 5.32 Å². The number of fused-ring (bicyclic) bond motifs is 1. The molecule has 1 heterocycles. The van der Waals surface area contributed by atoms with Gasteiger partial charge in [0, 0.05) is 28.2 Å². The lowest BCUT2D eigenvalue weighted by molar-refractivity contribution is -0.128. The van der Waals surface area contributed by atoms with E-state index in [-0.39, 0.29) is 23.1 Å². The van der Waals surface area contributed by atoms with Gasteiger partial charge < -0.3 is 5.32 Å². The standard InChI is InChI=1S/C27H28ClFN2O/c1-17(26(32)31-21-5-2-19(28)3-6-21)24-10-14-27(24)12-8-18(9-13-27)22-11-15-30-25-7-4-20(29)16-23(22)25/h2-7,11,15-18,24H,8-10,12-14H2,1H3,(H,31,32)/t17-,18?,24?,27?/m0/s1. The van der Waals surface area contributed by atoms with E-state index in [1.807, 2.05) is 18.3 Å². The van der Waals surface area contributed by atoms with Gasteiger partial charge in [-0.2, -0.15) is 0 Å². The molecule has 1 N–H and O–H groups in total. The van der Waals surface area contributed by atoms with Crippen LogP contribution in [0.5, 0.6) is 0 Å². The maximum absolute atomic E-state index is 13.9. The third kappa shape index (κ3) is 3.90. The Labute approximate surface area is 193 Å². The van der Waals surface area contributed by atoms with Gasteiger partial charge in [0.1, 0.15) is 5.82 Å². The number of amides is 1. The second-order valence-electron chi connectivity index (χ2n) is 9.63. The van der Waals surface area contributed by atoms with Gasteiger partial charge in [-0.1, -0.05) is 18.5 Å². The zero-order chi connectivity index (χ0) is 22.3. The van der Waals surface area contributed by atoms with E-state index >= 15 is 0 Å². The number of carbonyl (C=O) groups is 1. The Hall–Kier alpha value is -2.46. The van der Waals surface area contributed by atoms with Gasteiger partial charge in [0.25, 0.3) is 0 Å². The molecular weight excluding hydrogens is 423 g/mol. The summed E-state index contributed by atoms with van der Waals surface area (Å²) in [5, 5.41) is 4.66. The SMILES string of the molecule is C[C@H](C(=O)Nc1ccc(Cl)cc1)C1CCC12CCC(c1ccnc3ccc(F)cc13)CC2. The highest BCUT2D eigenvalue weighted by Crippen LogP contribution is 2.60. The monoisotopic (exact) mass is 450 g/mol. The molecule has 1 unspecified atom stereocenters. The van der Waals surface area contributed by atoms with Crippen molar-refractivity contribution >= 4 is 34.1 Å². The fourth-order valence-corrected chi connectivity index (χ4v) is 6.22. The van der Waals surface area contributed by atoms with Gasteiger partial charge >= 0.3 is 0 Å². The summed E-state index contributed by atoms with van der Waals surface area (Å²) in [7, 11) is 0. The van der Waals surface area contributed by atoms with Crippen LogP contribution in [0, 0.1) is 23.1 Å². The predicted molar refractivity (Wildman–Crippen MR) is 127 cm³/mol. The van der Waals surface area contributed by atoms with Crippen LogP contribution in [-0.4, -0.2) is 10.9 Å². The molecule has 5 heteroatoms. The minimum atomic E-state index is -0.210. The maximum Gasteiger partial charge on any atom is 0.227 e. The Kier molecular flexibility index (Phi) is 5.66. The normalized spacial score (nSPS) is 26.0. The van der Waals surface area contributed by atoms with Crippen molar-refractivity contribution in [3.63, 3.8) is 0 Å². The van der Waals surface area contributed by atoms with E-state index < -0.39 is 0 Å². The van der Waals surface area contributed by atoms with Gasteiger partial charge in [-0.15, -0.1) is 0 Å². The van der Waals surface area contributed by atoms with E-state index in [2.05, 4.69) is 23.3 Å². The van der Waals surface area contributed by atoms with Gasteiger partial charge in [0.05, 0.1) is 5.52 Å². The number of carbonyl (C=O) groups excluding carboxylic acids is 1. The molecule has 1 amide bonds. The molecule has 0 bridgehead atoms. The number of halogens is 2. The summed E-state index contributed by atoms with van der Waals surface area (Å²) < 4.78 is 13.9. The first-order valence-electron chi connectivity index (χ1n) is 11.6. The number of nitrogens with one attached hydrogen (secondary N) is 1. The molecule has 0 saturated heterocycles. The van der Waals surface area contributed by atoms with Crippen LogP contribution >= 0.6 is 11.6 Å². The number of aromatic nitrogens is 1. The number of hydrogen-bond donors (Lipinski definition) is 1. The van der Waals surface area contributed by atoms with E-state index in [1.54, 1.807) is 24.3 Å². The first-order valence-corrected chi connectivity index (χ1v) is 11.9. The van der Waals surface area contributed by atoms with Gasteiger partial charge in [-0.05, 0) is 110 Å². The Morgan fingerprint density at radius 3 is 2.50 bits per heavy atom. The van der Waals surface area contributed by atoms with Gasteiger partial charge in [-0.25, -0.2) is 4.39 Å². The average molecular weight is 451 g/mol. The summed E-state index contributed by atoms with van der Waals surface area (Å²) in [6.07, 6.45) is 8.57. The maximum atomic E-state index is 13.9. The number of benzene rings is 2. The van der Waals surface area contributed by atoms with Crippen molar-refractivity contribution in [1.29, 1.82) is 0 Å². The van der Waals surface area contributed by atoms with Crippen molar-refractivity contribution in [2.45, 2.75) is 51.4 Å². The Bertz CT molecular complexity index is 1140. The van der Waals surface area contributed by atoms with Crippen LogP contribution in [0.2, 0.25) is 5.02 Å². The predicted octanol–water partition coefficient (Wildman–Crippen LogP) is 7.36. The highest BCUT2D eigenvalue weighted by molar-refractivity contribution is 6.30. The zero-order valence-corrected chi connectivity index (χ0v) is 19.0. The van der Waals surface area contributed by atoms with Crippen LogP contribution < -0.4 is 5.32 Å². The zero-order valence-electron chi connectivity index (χ0n) is 18.3. The van der Waals surface area contributed by atoms with Crippen molar-refractivity contribution in [1.82, 2.24) is 4.98 Å². The van der Waals surface area contributed by atoms with Crippen LogP contribution in [-0.2, 0) is 4.79 Å². The van der Waals surface area contributed by atoms with Gasteiger partial charge in [0.2, 0.25) is 5.91 Å². The molecule has 2 saturated carbocycles. The first-order chi connectivity index (χ1) is 15.4. The number of hydrogen-bond acceptors (Lipinski definition) is 2. The molecule has 2 atom stereocenters. The minimum Gasteiger partial charge on any atom is -0.326 e. The Morgan fingerprint density at radius 1 is 1.09 bits per heavy atom. The van der Waals surface area contributed by atoms with Crippen molar-refractivity contribution < 1.29 is 9.18 Å². The quantitative estimate of drug-likeness (QED) is 0.451. The van der Waals surface area contributed by atoms with Crippen molar-refractivity contribution in [3.05, 3.63) is 71.1 Å². The largest absolute Gasteiger partial charge is 0.326 e. The smallest absolute Gasteiger partial charge is 0.227 e. The van der Waals surface area contributed by atoms with E-state index in [9.17, 15) is 9.18 Å². The van der Waals surface area contributed by atoms with Crippen molar-refractivity contribution in [2.24, 2.45) is 17.3 Å². The van der Waals surface area contributed by atoms with E-state index in [1.165, 1.54) is 18.1 Å². The summed E-state index contributed by atoms with van der Waals surface area (Å²) in [4.78, 5) is 17.3. The second kappa shape index (κ2) is 8.47. The molecule has 1 aromatic heterocycles. The molecule has 2 aromatic carbocycles. The number of anilines is 1. The minimum absolute atomic E-state index is 0.0215. The van der Waals surface area contributed by atoms with Gasteiger partial charge in [0.15, 0.2) is 0 Å². The lowest BCUT2D eigenvalue weighted by atomic mass is 9.49. The summed E-state index contributed by atoms with van der Waals surface area (Å²) in [6.45, 7) is 2.07. The fraction of sp³-hybridized carbons (Fsp3) is 0.407. The van der Waals surface area contributed by atoms with Crippen molar-refractivity contribution in [3.8, 4) is 0 Å². The first kappa shape index (κ1) is 21.4. The van der Waals surface area contributed by atoms with Crippen LogP contribution in [0.15, 0.2) is 54.7 Å². The number of pyridine rings is 1. The third-order valence-electron chi connectivity index (χ3n) is 8.03. The average Bonchev–Trinajstić information content (AvgIpc) is 2.79. The van der Waals surface area contributed by atoms with Crippen LogP contribution in [0.1, 0.15) is 56.9 Å². The molecule has 2 fully saturated rings. The Balaban J connectivity index is 1.27. The molecule has 32 heavy (non-hydrogen) atoms. The van der Waals surface area contributed by atoms with Gasteiger partial charge in [-0.3, -0.25) is 9.78 Å². The molecule has 3 nitrogen and oxygen atoms in total. The highest BCUT2D eigenvalue weighted by atomic mass is 35.5. The second-order valence-corrected chi connectivity index (χ2v) is 10.1. The summed E-state index contributed by atoms with van der Waals surface area (Å²) in [5.41, 5.74) is 3.13. The number of rotatable bonds is 4. The molecule has 1 spiro atoms. The molecule has 2 aliphatic carbocycles. The van der Waals surface area contributed by atoms with Crippen LogP contribution in [0.4, 0.5) is 10.1 Å². The molecule has 166 valence electrons. The molecular formula is C27H28ClFN2O. The summed E-state index contributed by atoms with van der Waals surface area (Å²) in [5.74, 6) is 0.703. The fourth-order valence-electron chi connectivity index (χ4n) is 6.09. The molecule has 0 aliphatic heterocycles. The summed E-state index contributed by atoms with van der Waals surface area (Å²) in [6, 6.07) is 14.2. The van der Waals surface area contributed by atoms with E-state index in [0.29, 0.717) is 16.9 Å². The molecule has 3 aromatic rings. The lowest BCUT2D eigenvalue weighted by Crippen LogP contribution is -2.48.